The Morgan fingerprint density at radius 1 is 0.800 bits per heavy atom. The quantitative estimate of drug-likeness (QED) is 0.282. The fourth-order valence-corrected chi connectivity index (χ4v) is 5.71. The molecule has 0 N–H and O–H groups in total. The van der Waals surface area contributed by atoms with Crippen LogP contribution in [0.2, 0.25) is 0 Å². The summed E-state index contributed by atoms with van der Waals surface area (Å²) in [4.78, 5) is 5.87. The lowest BCUT2D eigenvalue weighted by molar-refractivity contribution is 0.670. The van der Waals surface area contributed by atoms with E-state index in [-0.39, 0.29) is 0 Å². The maximum Gasteiger partial charge on any atom is 0.195 e. The Bertz CT molecular complexity index is 1770. The van der Waals surface area contributed by atoms with Crippen LogP contribution in [-0.2, 0) is 0 Å². The summed E-state index contributed by atoms with van der Waals surface area (Å²) in [5.41, 5.74) is 8.80. The van der Waals surface area contributed by atoms with Gasteiger partial charge in [0.05, 0.1) is 21.3 Å². The number of imidazole rings is 1. The highest BCUT2D eigenvalue weighted by Crippen LogP contribution is 2.41. The Morgan fingerprint density at radius 2 is 1.63 bits per heavy atom. The summed E-state index contributed by atoms with van der Waals surface area (Å²) in [6.45, 7) is 2.12. The van der Waals surface area contributed by atoms with Crippen LogP contribution in [-0.4, -0.2) is 9.38 Å². The van der Waals surface area contributed by atoms with Gasteiger partial charge in [0, 0.05) is 21.9 Å². The van der Waals surface area contributed by atoms with E-state index in [1.165, 1.54) is 26.7 Å². The Kier molecular flexibility index (Phi) is 3.08. The Balaban J connectivity index is 1.59. The summed E-state index contributed by atoms with van der Waals surface area (Å²) in [5.74, 6) is 0. The summed E-state index contributed by atoms with van der Waals surface area (Å²) in [6.07, 6.45) is 0. The van der Waals surface area contributed by atoms with Gasteiger partial charge in [0.25, 0.3) is 0 Å². The first-order valence-electron chi connectivity index (χ1n) is 9.99. The molecule has 0 aliphatic heterocycles. The molecule has 7 rings (SSSR count). The van der Waals surface area contributed by atoms with E-state index >= 15 is 0 Å². The molecule has 0 unspecified atom stereocenters. The van der Waals surface area contributed by atoms with Crippen molar-refractivity contribution in [2.75, 3.05) is 0 Å². The molecule has 0 radical (unpaired) electrons. The number of para-hydroxylation sites is 3. The van der Waals surface area contributed by atoms with Crippen molar-refractivity contribution in [2.45, 2.75) is 6.92 Å². The zero-order chi connectivity index (χ0) is 19.8. The van der Waals surface area contributed by atoms with Crippen LogP contribution in [0.3, 0.4) is 0 Å². The minimum absolute atomic E-state index is 0.933. The number of fused-ring (bicyclic) bond motifs is 8. The average molecular weight is 404 g/mol. The predicted octanol–water partition coefficient (Wildman–Crippen LogP) is 7.58. The average Bonchev–Trinajstić information content (AvgIpc) is 3.42. The molecule has 3 heterocycles. The summed E-state index contributed by atoms with van der Waals surface area (Å²) < 4.78 is 9.85. The number of aryl methyl sites for hydroxylation is 1. The minimum atomic E-state index is 0.933. The van der Waals surface area contributed by atoms with E-state index in [1.807, 2.05) is 6.07 Å². The molecule has 3 aromatic heterocycles. The molecule has 142 valence electrons. The molecular formula is C26H16N2OS. The molecular weight excluding hydrogens is 388 g/mol. The highest BCUT2D eigenvalue weighted by molar-refractivity contribution is 7.24. The molecule has 0 atom stereocenters. The fraction of sp³-hybridized carbons (Fsp3) is 0.0385. The van der Waals surface area contributed by atoms with Crippen molar-refractivity contribution in [1.82, 2.24) is 9.38 Å². The van der Waals surface area contributed by atoms with E-state index < -0.39 is 0 Å². The normalized spacial score (nSPS) is 12.2. The van der Waals surface area contributed by atoms with Crippen molar-refractivity contribution in [3.05, 3.63) is 84.4 Å². The monoisotopic (exact) mass is 404 g/mol. The number of furan rings is 1. The van der Waals surface area contributed by atoms with Crippen LogP contribution in [0.25, 0.3) is 59.3 Å². The van der Waals surface area contributed by atoms with Crippen LogP contribution in [0.5, 0.6) is 0 Å². The zero-order valence-electron chi connectivity index (χ0n) is 16.2. The Hall–Kier alpha value is -3.63. The molecule has 0 amide bonds. The van der Waals surface area contributed by atoms with Crippen molar-refractivity contribution < 1.29 is 4.42 Å². The molecule has 0 saturated heterocycles. The second-order valence-electron chi connectivity index (χ2n) is 7.76. The van der Waals surface area contributed by atoms with Crippen molar-refractivity contribution in [3.8, 4) is 11.1 Å². The Labute approximate surface area is 175 Å². The summed E-state index contributed by atoms with van der Waals surface area (Å²) in [6, 6.07) is 27.6. The summed E-state index contributed by atoms with van der Waals surface area (Å²) >= 11 is 1.74. The van der Waals surface area contributed by atoms with Gasteiger partial charge in [-0.05, 0) is 37.3 Å². The lowest BCUT2D eigenvalue weighted by Crippen LogP contribution is -1.83. The second kappa shape index (κ2) is 5.71. The van der Waals surface area contributed by atoms with E-state index in [1.54, 1.807) is 11.3 Å². The van der Waals surface area contributed by atoms with Gasteiger partial charge in [-0.15, -0.1) is 0 Å². The van der Waals surface area contributed by atoms with Crippen LogP contribution < -0.4 is 0 Å². The second-order valence-corrected chi connectivity index (χ2v) is 8.74. The van der Waals surface area contributed by atoms with E-state index in [0.29, 0.717) is 0 Å². The smallest absolute Gasteiger partial charge is 0.195 e. The van der Waals surface area contributed by atoms with Crippen molar-refractivity contribution in [1.29, 1.82) is 0 Å². The molecule has 0 spiro atoms. The lowest BCUT2D eigenvalue weighted by Gasteiger charge is -2.04. The number of nitrogens with zero attached hydrogens (tertiary/aromatic N) is 2. The molecule has 4 heteroatoms. The maximum atomic E-state index is 6.35. The van der Waals surface area contributed by atoms with Gasteiger partial charge in [-0.2, -0.15) is 0 Å². The molecule has 0 aliphatic rings. The molecule has 0 fully saturated rings. The summed E-state index contributed by atoms with van der Waals surface area (Å²) in [7, 11) is 0. The van der Waals surface area contributed by atoms with Gasteiger partial charge in [0.2, 0.25) is 0 Å². The molecule has 0 aliphatic carbocycles. The third-order valence-electron chi connectivity index (χ3n) is 5.90. The van der Waals surface area contributed by atoms with Crippen molar-refractivity contribution >= 4 is 59.5 Å². The van der Waals surface area contributed by atoms with Crippen LogP contribution in [0.15, 0.2) is 83.3 Å². The van der Waals surface area contributed by atoms with Crippen molar-refractivity contribution in [2.24, 2.45) is 0 Å². The van der Waals surface area contributed by atoms with Crippen LogP contribution in [0.1, 0.15) is 5.56 Å². The molecule has 3 nitrogen and oxygen atoms in total. The molecule has 0 saturated carbocycles. The van der Waals surface area contributed by atoms with Crippen molar-refractivity contribution in [3.63, 3.8) is 0 Å². The van der Waals surface area contributed by atoms with Crippen LogP contribution in [0.4, 0.5) is 0 Å². The van der Waals surface area contributed by atoms with Gasteiger partial charge in [0.15, 0.2) is 4.96 Å². The van der Waals surface area contributed by atoms with E-state index in [2.05, 4.69) is 84.1 Å². The topological polar surface area (TPSA) is 30.4 Å². The number of hydrogen-bond donors (Lipinski definition) is 0. The van der Waals surface area contributed by atoms with Gasteiger partial charge in [-0.1, -0.05) is 65.4 Å². The van der Waals surface area contributed by atoms with Gasteiger partial charge >= 0.3 is 0 Å². The molecule has 4 aromatic carbocycles. The molecule has 30 heavy (non-hydrogen) atoms. The van der Waals surface area contributed by atoms with Crippen LogP contribution >= 0.6 is 11.3 Å². The number of aromatic nitrogens is 2. The zero-order valence-corrected chi connectivity index (χ0v) is 17.0. The SMILES string of the molecule is Cc1ccc2oc3c(-c4cccc5c4sc4nc6ccccc6n45)cccc3c2c1. The third kappa shape index (κ3) is 2.06. The largest absolute Gasteiger partial charge is 0.455 e. The van der Waals surface area contributed by atoms with Gasteiger partial charge in [-0.25, -0.2) is 4.98 Å². The highest BCUT2D eigenvalue weighted by Gasteiger charge is 2.17. The maximum absolute atomic E-state index is 6.35. The number of hydrogen-bond acceptors (Lipinski definition) is 3. The van der Waals surface area contributed by atoms with Gasteiger partial charge < -0.3 is 4.42 Å². The standard InChI is InChI=1S/C26H16N2OS/c1-15-12-13-23-19(14-15)17-7-4-6-16(24(17)29-23)18-8-5-11-22-25(18)30-26-27-20-9-2-3-10-21(20)28(22)26/h2-14H,1H3. The number of thiazole rings is 1. The Morgan fingerprint density at radius 3 is 2.60 bits per heavy atom. The van der Waals surface area contributed by atoms with E-state index in [4.69, 9.17) is 9.40 Å². The predicted molar refractivity (Wildman–Crippen MR) is 126 cm³/mol. The van der Waals surface area contributed by atoms with Crippen LogP contribution in [0, 0.1) is 6.92 Å². The van der Waals surface area contributed by atoms with Gasteiger partial charge in [-0.3, -0.25) is 4.40 Å². The van der Waals surface area contributed by atoms with E-state index in [0.717, 1.165) is 38.1 Å². The molecule has 7 aromatic rings. The lowest BCUT2D eigenvalue weighted by atomic mass is 10.0. The van der Waals surface area contributed by atoms with Gasteiger partial charge in [0.1, 0.15) is 11.2 Å². The first-order chi connectivity index (χ1) is 14.8. The number of benzene rings is 4. The minimum Gasteiger partial charge on any atom is -0.455 e. The third-order valence-corrected chi connectivity index (χ3v) is 6.99. The molecule has 0 bridgehead atoms. The summed E-state index contributed by atoms with van der Waals surface area (Å²) in [5, 5.41) is 2.33. The first-order valence-corrected chi connectivity index (χ1v) is 10.8. The first kappa shape index (κ1) is 16.2. The fourth-order valence-electron chi connectivity index (χ4n) is 4.54. The van der Waals surface area contributed by atoms with E-state index in [9.17, 15) is 0 Å². The highest BCUT2D eigenvalue weighted by atomic mass is 32.1. The number of rotatable bonds is 1.